The number of carbonyl (C=O) groups excluding carboxylic acids is 2. The molecule has 5 nitrogen and oxygen atoms in total. The average molecular weight is 335 g/mol. The fraction of sp³-hybridized carbons (Fsp3) is 0.100. The summed E-state index contributed by atoms with van der Waals surface area (Å²) in [5, 5.41) is 6.06. The molecular weight excluding hydrogens is 318 g/mol. The molecule has 3 aromatic rings. The van der Waals surface area contributed by atoms with Crippen LogP contribution in [0.4, 0.5) is 4.79 Å². The number of hydrogen-bond donors (Lipinski definition) is 1. The van der Waals surface area contributed by atoms with Crippen LogP contribution in [0.3, 0.4) is 0 Å². The first-order chi connectivity index (χ1) is 12.1. The lowest BCUT2D eigenvalue weighted by molar-refractivity contribution is -0.143. The van der Waals surface area contributed by atoms with Crippen LogP contribution in [0.25, 0.3) is 21.5 Å². The molecule has 0 spiro atoms. The molecule has 1 atom stereocenters. The fourth-order valence-corrected chi connectivity index (χ4v) is 2.62. The predicted molar refractivity (Wildman–Crippen MR) is 96.4 cm³/mol. The number of nitrogens with one attached hydrogen (secondary N) is 1. The predicted octanol–water partition coefficient (Wildman–Crippen LogP) is 4.16. The van der Waals surface area contributed by atoms with E-state index in [0.717, 1.165) is 27.6 Å². The number of benzene rings is 3. The first kappa shape index (κ1) is 16.5. The zero-order chi connectivity index (χ0) is 17.8. The lowest BCUT2D eigenvalue weighted by Crippen LogP contribution is -2.37. The summed E-state index contributed by atoms with van der Waals surface area (Å²) in [6, 6.07) is 17.4. The van der Waals surface area contributed by atoms with Crippen molar-refractivity contribution in [2.45, 2.75) is 13.2 Å². The van der Waals surface area contributed by atoms with Crippen molar-refractivity contribution in [1.29, 1.82) is 0 Å². The summed E-state index contributed by atoms with van der Waals surface area (Å²) in [7, 11) is 0. The van der Waals surface area contributed by atoms with E-state index in [2.05, 4.69) is 11.9 Å². The average Bonchev–Trinajstić information content (AvgIpc) is 2.61. The molecule has 0 aliphatic heterocycles. The Kier molecular flexibility index (Phi) is 4.66. The minimum absolute atomic E-state index is 0.466. The first-order valence-electron chi connectivity index (χ1n) is 7.80. The van der Waals surface area contributed by atoms with Gasteiger partial charge in [0.25, 0.3) is 0 Å². The third-order valence-electron chi connectivity index (χ3n) is 3.70. The Morgan fingerprint density at radius 1 is 1.04 bits per heavy atom. The van der Waals surface area contributed by atoms with Gasteiger partial charge in [-0.2, -0.15) is 0 Å². The maximum Gasteiger partial charge on any atom is 0.415 e. The first-order valence-corrected chi connectivity index (χ1v) is 7.80. The van der Waals surface area contributed by atoms with Gasteiger partial charge in [0, 0.05) is 16.8 Å². The van der Waals surface area contributed by atoms with Crippen molar-refractivity contribution in [2.75, 3.05) is 0 Å². The number of ether oxygens (including phenoxy) is 2. The molecule has 1 amide bonds. The monoisotopic (exact) mass is 335 g/mol. The van der Waals surface area contributed by atoms with Gasteiger partial charge in [-0.05, 0) is 23.8 Å². The van der Waals surface area contributed by atoms with E-state index in [1.807, 2.05) is 54.6 Å². The van der Waals surface area contributed by atoms with Crippen molar-refractivity contribution in [3.05, 3.63) is 67.3 Å². The van der Waals surface area contributed by atoms with Crippen molar-refractivity contribution < 1.29 is 19.1 Å². The van der Waals surface area contributed by atoms with Gasteiger partial charge >= 0.3 is 12.1 Å². The molecule has 126 valence electrons. The van der Waals surface area contributed by atoms with Crippen LogP contribution >= 0.6 is 0 Å². The molecule has 0 fully saturated rings. The molecular formula is C20H17NO4. The van der Waals surface area contributed by atoms with E-state index < -0.39 is 18.3 Å². The minimum Gasteiger partial charge on any atom is -0.439 e. The topological polar surface area (TPSA) is 64.6 Å². The Labute approximate surface area is 144 Å². The quantitative estimate of drug-likeness (QED) is 0.336. The molecule has 3 aromatic carbocycles. The van der Waals surface area contributed by atoms with E-state index in [-0.39, 0.29) is 0 Å². The standard InChI is InChI=1S/C20H17NO4/c1-3-18(22)24-13(2)21-20(23)25-19-16-10-6-4-8-14(16)12-15-9-5-7-11-17(15)19/h3-13H,1H2,2H3,(H,21,23). The Bertz CT molecular complexity index is 910. The summed E-state index contributed by atoms with van der Waals surface area (Å²) in [5.41, 5.74) is 0. The molecule has 0 aliphatic rings. The van der Waals surface area contributed by atoms with E-state index >= 15 is 0 Å². The van der Waals surface area contributed by atoms with Gasteiger partial charge in [-0.1, -0.05) is 55.1 Å². The smallest absolute Gasteiger partial charge is 0.415 e. The fourth-order valence-electron chi connectivity index (χ4n) is 2.62. The third kappa shape index (κ3) is 3.61. The highest BCUT2D eigenvalue weighted by atomic mass is 16.6. The van der Waals surface area contributed by atoms with Crippen molar-refractivity contribution in [1.82, 2.24) is 5.32 Å². The molecule has 0 saturated carbocycles. The van der Waals surface area contributed by atoms with E-state index in [1.165, 1.54) is 6.92 Å². The Hall–Kier alpha value is -3.34. The molecule has 25 heavy (non-hydrogen) atoms. The summed E-state index contributed by atoms with van der Waals surface area (Å²) < 4.78 is 10.5. The van der Waals surface area contributed by atoms with Crippen molar-refractivity contribution in [3.8, 4) is 5.75 Å². The highest BCUT2D eigenvalue weighted by Crippen LogP contribution is 2.34. The number of amides is 1. The molecule has 1 unspecified atom stereocenters. The second-order valence-corrected chi connectivity index (χ2v) is 5.47. The molecule has 5 heteroatoms. The van der Waals surface area contributed by atoms with Gasteiger partial charge in [-0.3, -0.25) is 5.32 Å². The van der Waals surface area contributed by atoms with Crippen LogP contribution in [0, 0.1) is 0 Å². The number of carbonyl (C=O) groups is 2. The maximum absolute atomic E-state index is 12.2. The van der Waals surface area contributed by atoms with Crippen LogP contribution < -0.4 is 10.1 Å². The lowest BCUT2D eigenvalue weighted by atomic mass is 10.0. The summed E-state index contributed by atoms with van der Waals surface area (Å²) >= 11 is 0. The Balaban J connectivity index is 1.92. The van der Waals surface area contributed by atoms with Crippen LogP contribution in [-0.4, -0.2) is 18.3 Å². The van der Waals surface area contributed by atoms with Crippen LogP contribution in [0.15, 0.2) is 67.3 Å². The van der Waals surface area contributed by atoms with Crippen LogP contribution in [0.5, 0.6) is 5.75 Å². The number of hydrogen-bond acceptors (Lipinski definition) is 4. The highest BCUT2D eigenvalue weighted by Gasteiger charge is 2.15. The van der Waals surface area contributed by atoms with Gasteiger partial charge in [0.1, 0.15) is 5.75 Å². The number of rotatable bonds is 4. The van der Waals surface area contributed by atoms with Gasteiger partial charge < -0.3 is 9.47 Å². The van der Waals surface area contributed by atoms with E-state index in [1.54, 1.807) is 0 Å². The highest BCUT2D eigenvalue weighted by molar-refractivity contribution is 6.06. The molecule has 0 aliphatic carbocycles. The molecule has 0 heterocycles. The van der Waals surface area contributed by atoms with E-state index in [0.29, 0.717) is 5.75 Å². The van der Waals surface area contributed by atoms with Crippen LogP contribution in [0.1, 0.15) is 6.92 Å². The molecule has 3 rings (SSSR count). The third-order valence-corrected chi connectivity index (χ3v) is 3.70. The Morgan fingerprint density at radius 3 is 2.16 bits per heavy atom. The number of esters is 1. The normalized spacial score (nSPS) is 11.7. The lowest BCUT2D eigenvalue weighted by Gasteiger charge is -2.16. The van der Waals surface area contributed by atoms with Crippen LogP contribution in [0.2, 0.25) is 0 Å². The summed E-state index contributed by atoms with van der Waals surface area (Å²) in [6.45, 7) is 4.84. The zero-order valence-electron chi connectivity index (χ0n) is 13.7. The van der Waals surface area contributed by atoms with Gasteiger partial charge in [-0.15, -0.1) is 0 Å². The molecule has 0 bridgehead atoms. The summed E-state index contributed by atoms with van der Waals surface area (Å²) in [4.78, 5) is 23.4. The molecule has 0 radical (unpaired) electrons. The van der Waals surface area contributed by atoms with E-state index in [9.17, 15) is 9.59 Å². The SMILES string of the molecule is C=CC(=O)OC(C)NC(=O)Oc1c2ccccc2cc2ccccc12. The van der Waals surface area contributed by atoms with Crippen molar-refractivity contribution in [3.63, 3.8) is 0 Å². The van der Waals surface area contributed by atoms with Gasteiger partial charge in [-0.25, -0.2) is 9.59 Å². The zero-order valence-corrected chi connectivity index (χ0v) is 13.7. The van der Waals surface area contributed by atoms with Crippen molar-refractivity contribution in [2.24, 2.45) is 0 Å². The number of fused-ring (bicyclic) bond motifs is 2. The molecule has 0 saturated heterocycles. The Morgan fingerprint density at radius 2 is 1.60 bits per heavy atom. The van der Waals surface area contributed by atoms with Crippen LogP contribution in [-0.2, 0) is 9.53 Å². The summed E-state index contributed by atoms with van der Waals surface area (Å²) in [6.07, 6.45) is -0.507. The molecule has 1 N–H and O–H groups in total. The van der Waals surface area contributed by atoms with Gasteiger partial charge in [0.15, 0.2) is 6.23 Å². The minimum atomic E-state index is -0.834. The second kappa shape index (κ2) is 7.05. The van der Waals surface area contributed by atoms with Gasteiger partial charge in [0.2, 0.25) is 0 Å². The largest absolute Gasteiger partial charge is 0.439 e. The van der Waals surface area contributed by atoms with Gasteiger partial charge in [0.05, 0.1) is 0 Å². The van der Waals surface area contributed by atoms with E-state index in [4.69, 9.17) is 9.47 Å². The summed E-state index contributed by atoms with van der Waals surface area (Å²) in [5.74, 6) is -0.156. The molecule has 0 aromatic heterocycles. The second-order valence-electron chi connectivity index (χ2n) is 5.47. The maximum atomic E-state index is 12.2. The van der Waals surface area contributed by atoms with Crippen molar-refractivity contribution >= 4 is 33.6 Å².